The van der Waals surface area contributed by atoms with Crippen LogP contribution >= 0.6 is 0 Å². The van der Waals surface area contributed by atoms with Crippen molar-refractivity contribution >= 4 is 5.91 Å². The smallest absolute Gasteiger partial charge is 0.216 e. The molecule has 1 amide bonds. The topological polar surface area (TPSA) is 32.3 Å². The van der Waals surface area contributed by atoms with Crippen molar-refractivity contribution < 1.29 is 4.79 Å². The van der Waals surface area contributed by atoms with Gasteiger partial charge in [-0.1, -0.05) is 13.8 Å². The molecule has 0 radical (unpaired) electrons. The molecule has 0 saturated carbocycles. The number of carbonyl (C=O) groups excluding carboxylic acids is 1. The molecule has 0 aromatic rings. The Kier molecular flexibility index (Phi) is 3.93. The highest BCUT2D eigenvalue weighted by Crippen LogP contribution is 2.27. The highest BCUT2D eigenvalue weighted by Gasteiger charge is 2.25. The van der Waals surface area contributed by atoms with Gasteiger partial charge in [-0.15, -0.1) is 0 Å². The van der Waals surface area contributed by atoms with E-state index in [-0.39, 0.29) is 5.91 Å². The molecule has 82 valence electrons. The van der Waals surface area contributed by atoms with Crippen molar-refractivity contribution in [2.24, 2.45) is 5.41 Å². The minimum Gasteiger partial charge on any atom is -0.355 e. The Morgan fingerprint density at radius 2 is 2.21 bits per heavy atom. The van der Waals surface area contributed by atoms with E-state index in [1.54, 1.807) is 6.92 Å². The summed E-state index contributed by atoms with van der Waals surface area (Å²) in [7, 11) is 0. The Bertz CT molecular complexity index is 201. The van der Waals surface area contributed by atoms with Crippen molar-refractivity contribution in [3.05, 3.63) is 0 Å². The number of hydrogen-bond acceptors (Lipinski definition) is 2. The molecule has 1 heterocycles. The molecule has 1 rings (SSSR count). The van der Waals surface area contributed by atoms with Gasteiger partial charge in [0.25, 0.3) is 0 Å². The van der Waals surface area contributed by atoms with E-state index >= 15 is 0 Å². The van der Waals surface area contributed by atoms with Crippen LogP contribution in [0.15, 0.2) is 0 Å². The quantitative estimate of drug-likeness (QED) is 0.740. The van der Waals surface area contributed by atoms with Gasteiger partial charge in [0.2, 0.25) is 5.91 Å². The van der Waals surface area contributed by atoms with Gasteiger partial charge in [0, 0.05) is 26.6 Å². The predicted molar refractivity (Wildman–Crippen MR) is 58.1 cm³/mol. The molecular weight excluding hydrogens is 176 g/mol. The number of nitrogens with zero attached hydrogens (tertiary/aromatic N) is 1. The van der Waals surface area contributed by atoms with E-state index in [1.165, 1.54) is 19.4 Å². The van der Waals surface area contributed by atoms with Gasteiger partial charge in [0.15, 0.2) is 0 Å². The van der Waals surface area contributed by atoms with E-state index in [1.807, 2.05) is 0 Å². The zero-order valence-corrected chi connectivity index (χ0v) is 9.60. The van der Waals surface area contributed by atoms with Gasteiger partial charge in [-0.25, -0.2) is 0 Å². The predicted octanol–water partition coefficient (Wildman–Crippen LogP) is 1.24. The highest BCUT2D eigenvalue weighted by atomic mass is 16.1. The van der Waals surface area contributed by atoms with Crippen molar-refractivity contribution in [3.8, 4) is 0 Å². The Morgan fingerprint density at radius 3 is 2.79 bits per heavy atom. The van der Waals surface area contributed by atoms with E-state index in [0.717, 1.165) is 19.6 Å². The fourth-order valence-corrected chi connectivity index (χ4v) is 2.13. The normalized spacial score (nSPS) is 21.9. The second kappa shape index (κ2) is 4.78. The van der Waals surface area contributed by atoms with Gasteiger partial charge in [0.05, 0.1) is 0 Å². The largest absolute Gasteiger partial charge is 0.355 e. The second-order valence-electron chi connectivity index (χ2n) is 5.03. The van der Waals surface area contributed by atoms with E-state index in [9.17, 15) is 4.79 Å². The fourth-order valence-electron chi connectivity index (χ4n) is 2.13. The summed E-state index contributed by atoms with van der Waals surface area (Å²) in [6.45, 7) is 10.3. The molecule has 0 unspecified atom stereocenters. The second-order valence-corrected chi connectivity index (χ2v) is 5.03. The summed E-state index contributed by atoms with van der Waals surface area (Å²) in [6, 6.07) is 0. The van der Waals surface area contributed by atoms with Crippen LogP contribution in [0.2, 0.25) is 0 Å². The summed E-state index contributed by atoms with van der Waals surface area (Å²) in [5.41, 5.74) is 0.453. The van der Waals surface area contributed by atoms with Crippen LogP contribution in [-0.4, -0.2) is 37.0 Å². The molecule has 1 fully saturated rings. The standard InChI is InChI=1S/C11H22N2O/c1-10(14)12-6-8-13-7-4-5-11(2,3)9-13/h4-9H2,1-3H3,(H,12,14). The molecule has 0 bridgehead atoms. The number of rotatable bonds is 3. The lowest BCUT2D eigenvalue weighted by Crippen LogP contribution is -2.43. The van der Waals surface area contributed by atoms with Gasteiger partial charge in [-0.3, -0.25) is 4.79 Å². The summed E-state index contributed by atoms with van der Waals surface area (Å²) in [4.78, 5) is 13.1. The Hall–Kier alpha value is -0.570. The first kappa shape index (κ1) is 11.5. The third kappa shape index (κ3) is 4.09. The third-order valence-electron chi connectivity index (χ3n) is 2.78. The van der Waals surface area contributed by atoms with E-state index in [2.05, 4.69) is 24.1 Å². The SMILES string of the molecule is CC(=O)NCCN1CCCC(C)(C)C1. The lowest BCUT2D eigenvalue weighted by Gasteiger charge is -2.38. The number of hydrogen-bond donors (Lipinski definition) is 1. The van der Waals surface area contributed by atoms with Gasteiger partial charge >= 0.3 is 0 Å². The average Bonchev–Trinajstić information content (AvgIpc) is 2.01. The molecule has 0 aliphatic carbocycles. The maximum Gasteiger partial charge on any atom is 0.216 e. The van der Waals surface area contributed by atoms with Crippen LogP contribution in [-0.2, 0) is 4.79 Å². The average molecular weight is 198 g/mol. The lowest BCUT2D eigenvalue weighted by atomic mass is 9.84. The summed E-state index contributed by atoms with van der Waals surface area (Å²) in [5.74, 6) is 0.0706. The van der Waals surface area contributed by atoms with Crippen LogP contribution in [0.25, 0.3) is 0 Å². The van der Waals surface area contributed by atoms with Crippen molar-refractivity contribution in [2.45, 2.75) is 33.6 Å². The molecule has 0 aromatic heterocycles. The maximum absolute atomic E-state index is 10.7. The van der Waals surface area contributed by atoms with Crippen LogP contribution in [0.3, 0.4) is 0 Å². The van der Waals surface area contributed by atoms with Gasteiger partial charge in [0.1, 0.15) is 0 Å². The first-order valence-electron chi connectivity index (χ1n) is 5.46. The number of carbonyl (C=O) groups is 1. The van der Waals surface area contributed by atoms with Crippen LogP contribution in [0, 0.1) is 5.41 Å². The van der Waals surface area contributed by atoms with Gasteiger partial charge in [-0.05, 0) is 24.8 Å². The van der Waals surface area contributed by atoms with Gasteiger partial charge in [-0.2, -0.15) is 0 Å². The molecule has 1 aliphatic heterocycles. The zero-order chi connectivity index (χ0) is 10.6. The van der Waals surface area contributed by atoms with Crippen LogP contribution in [0.4, 0.5) is 0 Å². The number of likely N-dealkylation sites (tertiary alicyclic amines) is 1. The lowest BCUT2D eigenvalue weighted by molar-refractivity contribution is -0.119. The minimum atomic E-state index is 0.0706. The number of nitrogens with one attached hydrogen (secondary N) is 1. The zero-order valence-electron chi connectivity index (χ0n) is 9.60. The summed E-state index contributed by atoms with van der Waals surface area (Å²) >= 11 is 0. The van der Waals surface area contributed by atoms with E-state index in [4.69, 9.17) is 0 Å². The van der Waals surface area contributed by atoms with E-state index in [0.29, 0.717) is 5.41 Å². The minimum absolute atomic E-state index is 0.0706. The molecule has 14 heavy (non-hydrogen) atoms. The molecule has 3 nitrogen and oxygen atoms in total. The van der Waals surface area contributed by atoms with Crippen molar-refractivity contribution in [3.63, 3.8) is 0 Å². The Balaban J connectivity index is 2.21. The first-order valence-corrected chi connectivity index (χ1v) is 5.46. The molecule has 0 spiro atoms. The Morgan fingerprint density at radius 1 is 1.50 bits per heavy atom. The van der Waals surface area contributed by atoms with Gasteiger partial charge < -0.3 is 10.2 Å². The third-order valence-corrected chi connectivity index (χ3v) is 2.78. The maximum atomic E-state index is 10.7. The fraction of sp³-hybridized carbons (Fsp3) is 0.909. The Labute approximate surface area is 86.9 Å². The molecule has 1 saturated heterocycles. The summed E-state index contributed by atoms with van der Waals surface area (Å²) < 4.78 is 0. The summed E-state index contributed by atoms with van der Waals surface area (Å²) in [5, 5.41) is 2.84. The number of piperidine rings is 1. The molecule has 1 N–H and O–H groups in total. The molecule has 1 aliphatic rings. The molecular formula is C11H22N2O. The van der Waals surface area contributed by atoms with Crippen LogP contribution in [0.5, 0.6) is 0 Å². The number of amides is 1. The molecule has 0 atom stereocenters. The van der Waals surface area contributed by atoms with Crippen molar-refractivity contribution in [1.29, 1.82) is 0 Å². The molecule has 3 heteroatoms. The van der Waals surface area contributed by atoms with Crippen LogP contribution < -0.4 is 5.32 Å². The molecule has 0 aromatic carbocycles. The van der Waals surface area contributed by atoms with Crippen LogP contribution in [0.1, 0.15) is 33.6 Å². The van der Waals surface area contributed by atoms with Crippen molar-refractivity contribution in [1.82, 2.24) is 10.2 Å². The van der Waals surface area contributed by atoms with Crippen molar-refractivity contribution in [2.75, 3.05) is 26.2 Å². The monoisotopic (exact) mass is 198 g/mol. The summed E-state index contributed by atoms with van der Waals surface area (Å²) in [6.07, 6.45) is 2.61. The van der Waals surface area contributed by atoms with E-state index < -0.39 is 0 Å². The first-order chi connectivity index (χ1) is 6.49. The highest BCUT2D eigenvalue weighted by molar-refractivity contribution is 5.72.